The molecular weight excluding hydrogens is 326 g/mol. The van der Waals surface area contributed by atoms with Crippen LogP contribution in [0.25, 0.3) is 0 Å². The second kappa shape index (κ2) is 7.85. The minimum Gasteiger partial charge on any atom is -0.872 e. The topological polar surface area (TPSA) is 136 Å². The molecule has 0 fully saturated rings. The van der Waals surface area contributed by atoms with Crippen LogP contribution >= 0.6 is 0 Å². The smallest absolute Gasteiger partial charge is 0.270 e. The Morgan fingerprint density at radius 3 is 2.88 bits per heavy atom. The van der Waals surface area contributed by atoms with E-state index in [1.54, 1.807) is 13.0 Å². The molecule has 1 heterocycles. The summed E-state index contributed by atoms with van der Waals surface area (Å²) in [5, 5.41) is 35.7. The molecule has 9 nitrogen and oxygen atoms in total. The Hall–Kier alpha value is -3.51. The molecule has 2 aromatic rings. The average molecular weight is 340 g/mol. The number of hydrogen-bond donors (Lipinski definition) is 1. The summed E-state index contributed by atoms with van der Waals surface area (Å²) in [5.41, 5.74) is 4.01. The number of rotatable bonds is 6. The minimum atomic E-state index is -0.600. The number of non-ortho nitro benzene ring substituents is 1. The number of hydrogen-bond acceptors (Lipinski definition) is 8. The van der Waals surface area contributed by atoms with Crippen LogP contribution in [-0.4, -0.2) is 23.2 Å². The Labute approximate surface area is 143 Å². The number of aryl methyl sites for hydroxylation is 1. The second-order valence-electron chi connectivity index (χ2n) is 5.04. The highest BCUT2D eigenvalue weighted by Gasteiger charge is 2.11. The highest BCUT2D eigenvalue weighted by atomic mass is 16.6. The summed E-state index contributed by atoms with van der Waals surface area (Å²) in [6.45, 7) is 1.99. The summed E-state index contributed by atoms with van der Waals surface area (Å²) in [6.07, 6.45) is 1.15. The van der Waals surface area contributed by atoms with Gasteiger partial charge >= 0.3 is 0 Å². The van der Waals surface area contributed by atoms with Gasteiger partial charge in [0.1, 0.15) is 11.6 Å². The van der Waals surface area contributed by atoms with E-state index in [4.69, 9.17) is 4.74 Å². The van der Waals surface area contributed by atoms with Gasteiger partial charge in [0, 0.05) is 30.5 Å². The van der Waals surface area contributed by atoms with Crippen LogP contribution in [0.1, 0.15) is 22.4 Å². The largest absolute Gasteiger partial charge is 0.872 e. The summed E-state index contributed by atoms with van der Waals surface area (Å²) in [4.78, 5) is 14.4. The molecule has 0 amide bonds. The lowest BCUT2D eigenvalue weighted by Crippen LogP contribution is -2.04. The fourth-order valence-electron chi connectivity index (χ4n) is 2.13. The van der Waals surface area contributed by atoms with E-state index in [0.29, 0.717) is 11.3 Å². The molecule has 0 bridgehead atoms. The van der Waals surface area contributed by atoms with E-state index in [-0.39, 0.29) is 29.2 Å². The lowest BCUT2D eigenvalue weighted by atomic mass is 10.1. The maximum absolute atomic E-state index is 11.7. The van der Waals surface area contributed by atoms with Crippen LogP contribution in [0.2, 0.25) is 0 Å². The molecule has 2 rings (SSSR count). The molecule has 0 saturated carbocycles. The number of nitro benzene ring substituents is 1. The second-order valence-corrected chi connectivity index (χ2v) is 5.04. The number of ether oxygens (including phenoxy) is 1. The van der Waals surface area contributed by atoms with Crippen LogP contribution in [0.15, 0.2) is 29.4 Å². The van der Waals surface area contributed by atoms with Crippen molar-refractivity contribution in [2.24, 2.45) is 5.10 Å². The van der Waals surface area contributed by atoms with E-state index >= 15 is 0 Å². The van der Waals surface area contributed by atoms with Crippen molar-refractivity contribution in [2.45, 2.75) is 13.5 Å². The molecule has 0 unspecified atom stereocenters. The summed E-state index contributed by atoms with van der Waals surface area (Å²) in [7, 11) is 1.51. The van der Waals surface area contributed by atoms with Crippen LogP contribution in [-0.2, 0) is 11.3 Å². The standard InChI is InChI=1S/C16H15N5O4/c1-10-5-12(9-25-2)14(7-17)16(19-10)20-18-8-11-6-13(21(23)24)3-4-15(11)22/h3-6,8,22H,9H2,1-2H3,(H,19,20)/p-1/b18-8-. The van der Waals surface area contributed by atoms with E-state index in [1.807, 2.05) is 6.07 Å². The van der Waals surface area contributed by atoms with E-state index in [0.717, 1.165) is 24.4 Å². The Balaban J connectivity index is 2.30. The first-order chi connectivity index (χ1) is 12.0. The molecule has 1 N–H and O–H groups in total. The van der Waals surface area contributed by atoms with Crippen molar-refractivity contribution in [3.63, 3.8) is 0 Å². The zero-order valence-corrected chi connectivity index (χ0v) is 13.5. The van der Waals surface area contributed by atoms with Gasteiger partial charge in [-0.2, -0.15) is 10.4 Å². The van der Waals surface area contributed by atoms with E-state index in [9.17, 15) is 20.5 Å². The molecule has 1 aromatic carbocycles. The number of nitriles is 1. The lowest BCUT2D eigenvalue weighted by molar-refractivity contribution is -0.385. The maximum atomic E-state index is 11.7. The average Bonchev–Trinajstić information content (AvgIpc) is 2.56. The van der Waals surface area contributed by atoms with Gasteiger partial charge in [-0.25, -0.2) is 4.98 Å². The summed E-state index contributed by atoms with van der Waals surface area (Å²) in [5.74, 6) is -0.197. The van der Waals surface area contributed by atoms with Crippen molar-refractivity contribution in [3.05, 3.63) is 56.8 Å². The van der Waals surface area contributed by atoms with E-state index < -0.39 is 10.7 Å². The fourth-order valence-corrected chi connectivity index (χ4v) is 2.13. The normalized spacial score (nSPS) is 10.6. The predicted octanol–water partition coefficient (Wildman–Crippen LogP) is 1.84. The van der Waals surface area contributed by atoms with Crippen LogP contribution in [0, 0.1) is 28.4 Å². The molecular formula is C16H14N5O4-. The van der Waals surface area contributed by atoms with Crippen molar-refractivity contribution in [2.75, 3.05) is 12.5 Å². The minimum absolute atomic E-state index is 0.0463. The lowest BCUT2D eigenvalue weighted by Gasteiger charge is -2.10. The number of nitrogens with one attached hydrogen (secondary N) is 1. The summed E-state index contributed by atoms with van der Waals surface area (Å²) < 4.78 is 5.06. The van der Waals surface area contributed by atoms with Gasteiger partial charge in [-0.1, -0.05) is 11.8 Å². The third-order valence-electron chi connectivity index (χ3n) is 3.22. The Morgan fingerprint density at radius 1 is 1.48 bits per heavy atom. The van der Waals surface area contributed by atoms with Crippen molar-refractivity contribution < 1.29 is 14.8 Å². The van der Waals surface area contributed by atoms with Gasteiger partial charge in [0.15, 0.2) is 5.82 Å². The first kappa shape index (κ1) is 17.8. The zero-order chi connectivity index (χ0) is 18.4. The third-order valence-corrected chi connectivity index (χ3v) is 3.22. The fraction of sp³-hybridized carbons (Fsp3) is 0.188. The zero-order valence-electron chi connectivity index (χ0n) is 13.5. The van der Waals surface area contributed by atoms with Gasteiger partial charge in [-0.15, -0.1) is 0 Å². The maximum Gasteiger partial charge on any atom is 0.270 e. The van der Waals surface area contributed by atoms with Crippen molar-refractivity contribution in [1.29, 1.82) is 5.26 Å². The molecule has 0 atom stereocenters. The highest BCUT2D eigenvalue weighted by molar-refractivity contribution is 5.84. The van der Waals surface area contributed by atoms with Crippen LogP contribution in [0.5, 0.6) is 5.75 Å². The van der Waals surface area contributed by atoms with Crippen molar-refractivity contribution in [1.82, 2.24) is 4.98 Å². The van der Waals surface area contributed by atoms with Gasteiger partial charge in [-0.3, -0.25) is 15.5 Å². The van der Waals surface area contributed by atoms with Crippen LogP contribution < -0.4 is 10.5 Å². The quantitative estimate of drug-likeness (QED) is 0.481. The predicted molar refractivity (Wildman–Crippen MR) is 88.2 cm³/mol. The third kappa shape index (κ3) is 4.27. The number of nitro groups is 1. The molecule has 1 aromatic heterocycles. The van der Waals surface area contributed by atoms with Crippen molar-refractivity contribution >= 4 is 17.7 Å². The molecule has 0 aliphatic carbocycles. The monoisotopic (exact) mass is 340 g/mol. The number of methoxy groups -OCH3 is 1. The number of pyridine rings is 1. The van der Waals surface area contributed by atoms with Gasteiger partial charge in [0.05, 0.1) is 17.7 Å². The Kier molecular flexibility index (Phi) is 5.60. The Bertz CT molecular complexity index is 874. The Morgan fingerprint density at radius 2 is 2.24 bits per heavy atom. The highest BCUT2D eigenvalue weighted by Crippen LogP contribution is 2.21. The number of benzene rings is 1. The molecule has 0 spiro atoms. The van der Waals surface area contributed by atoms with Gasteiger partial charge in [-0.05, 0) is 18.6 Å². The number of hydrazone groups is 1. The number of aromatic nitrogens is 1. The van der Waals surface area contributed by atoms with Crippen LogP contribution in [0.4, 0.5) is 11.5 Å². The molecule has 25 heavy (non-hydrogen) atoms. The van der Waals surface area contributed by atoms with E-state index in [2.05, 4.69) is 15.5 Å². The van der Waals surface area contributed by atoms with Gasteiger partial charge < -0.3 is 9.84 Å². The van der Waals surface area contributed by atoms with Crippen molar-refractivity contribution in [3.8, 4) is 11.8 Å². The molecule has 0 radical (unpaired) electrons. The molecule has 9 heteroatoms. The first-order valence-electron chi connectivity index (χ1n) is 7.10. The first-order valence-corrected chi connectivity index (χ1v) is 7.10. The number of nitrogens with zero attached hydrogens (tertiary/aromatic N) is 4. The molecule has 0 aliphatic heterocycles. The number of anilines is 1. The molecule has 128 valence electrons. The summed E-state index contributed by atoms with van der Waals surface area (Å²) in [6, 6.07) is 7.11. The molecule has 0 aliphatic rings. The summed E-state index contributed by atoms with van der Waals surface area (Å²) >= 11 is 0. The van der Waals surface area contributed by atoms with Crippen LogP contribution in [0.3, 0.4) is 0 Å². The molecule has 0 saturated heterocycles. The van der Waals surface area contributed by atoms with Gasteiger partial charge in [0.25, 0.3) is 5.69 Å². The van der Waals surface area contributed by atoms with Gasteiger partial charge in [0.2, 0.25) is 0 Å². The SMILES string of the molecule is COCc1cc(C)nc(N/N=C\c2cc([N+](=O)[O-])ccc2[O-])c1C#N. The van der Waals surface area contributed by atoms with E-state index in [1.165, 1.54) is 7.11 Å².